The normalized spacial score (nSPS) is 52.7. The molecule has 4 aliphatic carbocycles. The van der Waals surface area contributed by atoms with E-state index in [2.05, 4.69) is 6.92 Å². The number of fused-ring (bicyclic) bond motifs is 5. The van der Waals surface area contributed by atoms with Crippen molar-refractivity contribution >= 4 is 5.78 Å². The number of hydrogen-bond acceptors (Lipinski definition) is 3. The first-order valence-electron chi connectivity index (χ1n) is 8.57. The molecule has 0 unspecified atom stereocenters. The SMILES string of the molecule is C[C@]12CC[C@H]3[C@H](CCC4=CC(=O)CC[C@@]43O)[C@H]1C[C@H](O)C2. The third kappa shape index (κ3) is 1.90. The van der Waals surface area contributed by atoms with Gasteiger partial charge in [-0.2, -0.15) is 0 Å². The average Bonchev–Trinajstić information content (AvgIpc) is 2.74. The van der Waals surface area contributed by atoms with E-state index in [1.54, 1.807) is 6.08 Å². The van der Waals surface area contributed by atoms with Crippen LogP contribution in [0.4, 0.5) is 0 Å². The maximum Gasteiger partial charge on any atom is 0.155 e. The lowest BCUT2D eigenvalue weighted by molar-refractivity contribution is -0.124. The molecule has 21 heavy (non-hydrogen) atoms. The topological polar surface area (TPSA) is 57.5 Å². The summed E-state index contributed by atoms with van der Waals surface area (Å²) in [6.45, 7) is 2.34. The summed E-state index contributed by atoms with van der Waals surface area (Å²) >= 11 is 0. The Labute approximate surface area is 126 Å². The van der Waals surface area contributed by atoms with Gasteiger partial charge < -0.3 is 10.2 Å². The molecular weight excluding hydrogens is 264 g/mol. The van der Waals surface area contributed by atoms with E-state index in [-0.39, 0.29) is 17.3 Å². The molecule has 4 aliphatic rings. The van der Waals surface area contributed by atoms with Crippen LogP contribution in [0.2, 0.25) is 0 Å². The van der Waals surface area contributed by atoms with Gasteiger partial charge in [0.1, 0.15) is 0 Å². The number of carbonyl (C=O) groups excluding carboxylic acids is 1. The second-order valence-electron chi connectivity index (χ2n) is 8.26. The molecule has 3 nitrogen and oxygen atoms in total. The van der Waals surface area contributed by atoms with Gasteiger partial charge in [-0.05, 0) is 79.8 Å². The van der Waals surface area contributed by atoms with Gasteiger partial charge in [-0.15, -0.1) is 0 Å². The Morgan fingerprint density at radius 3 is 2.81 bits per heavy atom. The maximum atomic E-state index is 11.7. The molecule has 0 spiro atoms. The first kappa shape index (κ1) is 14.0. The van der Waals surface area contributed by atoms with Crippen LogP contribution in [-0.2, 0) is 4.79 Å². The maximum absolute atomic E-state index is 11.7. The van der Waals surface area contributed by atoms with Crippen molar-refractivity contribution in [3.8, 4) is 0 Å². The minimum absolute atomic E-state index is 0.154. The largest absolute Gasteiger partial charge is 0.393 e. The van der Waals surface area contributed by atoms with Crippen LogP contribution < -0.4 is 0 Å². The van der Waals surface area contributed by atoms with Crippen molar-refractivity contribution in [3.63, 3.8) is 0 Å². The van der Waals surface area contributed by atoms with Gasteiger partial charge in [0.2, 0.25) is 0 Å². The zero-order valence-electron chi connectivity index (χ0n) is 12.8. The summed E-state index contributed by atoms with van der Waals surface area (Å²) in [5.41, 5.74) is 0.538. The lowest BCUT2D eigenvalue weighted by Gasteiger charge is -2.56. The van der Waals surface area contributed by atoms with E-state index in [1.807, 2.05) is 0 Å². The van der Waals surface area contributed by atoms with E-state index in [1.165, 1.54) is 0 Å². The zero-order chi connectivity index (χ0) is 14.8. The van der Waals surface area contributed by atoms with Crippen LogP contribution >= 0.6 is 0 Å². The van der Waals surface area contributed by atoms with Gasteiger partial charge in [-0.1, -0.05) is 6.92 Å². The molecule has 6 atom stereocenters. The molecule has 0 amide bonds. The fourth-order valence-corrected chi connectivity index (χ4v) is 6.20. The Hall–Kier alpha value is -0.670. The first-order valence-corrected chi connectivity index (χ1v) is 8.57. The van der Waals surface area contributed by atoms with Crippen LogP contribution in [0, 0.1) is 23.2 Å². The molecule has 3 fully saturated rings. The number of hydrogen-bond donors (Lipinski definition) is 2. The van der Waals surface area contributed by atoms with Crippen LogP contribution in [0.3, 0.4) is 0 Å². The highest BCUT2D eigenvalue weighted by atomic mass is 16.3. The zero-order valence-corrected chi connectivity index (χ0v) is 12.8. The second-order valence-corrected chi connectivity index (χ2v) is 8.26. The van der Waals surface area contributed by atoms with Crippen molar-refractivity contribution in [2.24, 2.45) is 23.2 Å². The summed E-state index contributed by atoms with van der Waals surface area (Å²) in [4.78, 5) is 11.7. The number of aliphatic hydroxyl groups is 2. The monoisotopic (exact) mass is 290 g/mol. The Balaban J connectivity index is 1.68. The van der Waals surface area contributed by atoms with Gasteiger partial charge in [0.15, 0.2) is 5.78 Å². The number of rotatable bonds is 0. The summed E-state index contributed by atoms with van der Waals surface area (Å²) in [5, 5.41) is 21.4. The van der Waals surface area contributed by atoms with Crippen LogP contribution in [-0.4, -0.2) is 27.7 Å². The van der Waals surface area contributed by atoms with Crippen LogP contribution in [0.1, 0.15) is 58.3 Å². The summed E-state index contributed by atoms with van der Waals surface area (Å²) in [6.07, 6.45) is 8.64. The molecule has 0 radical (unpaired) electrons. The molecule has 3 saturated carbocycles. The van der Waals surface area contributed by atoms with Gasteiger partial charge in [-0.3, -0.25) is 4.79 Å². The summed E-state index contributed by atoms with van der Waals surface area (Å²) < 4.78 is 0. The van der Waals surface area contributed by atoms with Crippen molar-refractivity contribution in [1.29, 1.82) is 0 Å². The van der Waals surface area contributed by atoms with E-state index < -0.39 is 5.60 Å². The molecule has 0 saturated heterocycles. The predicted molar refractivity (Wildman–Crippen MR) is 79.6 cm³/mol. The number of ketones is 1. The lowest BCUT2D eigenvalue weighted by atomic mass is 9.51. The second kappa shape index (κ2) is 4.42. The van der Waals surface area contributed by atoms with Gasteiger partial charge in [0.25, 0.3) is 0 Å². The molecule has 4 rings (SSSR count). The Morgan fingerprint density at radius 2 is 2.00 bits per heavy atom. The molecule has 0 aromatic carbocycles. The van der Waals surface area contributed by atoms with Crippen molar-refractivity contribution in [1.82, 2.24) is 0 Å². The third-order valence-corrected chi connectivity index (χ3v) is 7.19. The quantitative estimate of drug-likeness (QED) is 0.721. The number of carbonyl (C=O) groups is 1. The van der Waals surface area contributed by atoms with Crippen molar-refractivity contribution in [3.05, 3.63) is 11.6 Å². The van der Waals surface area contributed by atoms with Gasteiger partial charge in [0.05, 0.1) is 11.7 Å². The van der Waals surface area contributed by atoms with Crippen molar-refractivity contribution in [2.75, 3.05) is 0 Å². The Bertz CT molecular complexity index is 511. The van der Waals surface area contributed by atoms with Gasteiger partial charge in [0, 0.05) is 6.42 Å². The minimum Gasteiger partial charge on any atom is -0.393 e. The van der Waals surface area contributed by atoms with E-state index in [4.69, 9.17) is 0 Å². The predicted octanol–water partition coefficient (Wildman–Crippen LogP) is 2.60. The summed E-state index contributed by atoms with van der Waals surface area (Å²) in [7, 11) is 0. The molecule has 116 valence electrons. The Morgan fingerprint density at radius 1 is 1.19 bits per heavy atom. The fraction of sp³-hybridized carbons (Fsp3) is 0.833. The molecule has 0 bridgehead atoms. The molecule has 2 N–H and O–H groups in total. The molecule has 3 heteroatoms. The van der Waals surface area contributed by atoms with E-state index in [0.717, 1.165) is 44.1 Å². The van der Waals surface area contributed by atoms with Crippen molar-refractivity contribution < 1.29 is 15.0 Å². The van der Waals surface area contributed by atoms with E-state index in [0.29, 0.717) is 30.6 Å². The minimum atomic E-state index is -0.730. The van der Waals surface area contributed by atoms with E-state index in [9.17, 15) is 15.0 Å². The Kier molecular flexibility index (Phi) is 2.94. The highest BCUT2D eigenvalue weighted by Gasteiger charge is 2.58. The molecule has 0 heterocycles. The third-order valence-electron chi connectivity index (χ3n) is 7.19. The van der Waals surface area contributed by atoms with Gasteiger partial charge in [-0.25, -0.2) is 0 Å². The standard InChI is InChI=1S/C18H26O3/c1-17-6-5-15-14(16(17)9-13(20)10-17)3-2-11-8-12(19)4-7-18(11,15)21/h8,13-16,20-21H,2-7,9-10H2,1H3/t13-,14-,15-,16+,17+,18+/m0/s1. The summed E-state index contributed by atoms with van der Waals surface area (Å²) in [5.74, 6) is 1.56. The highest BCUT2D eigenvalue weighted by Crippen LogP contribution is 2.62. The average molecular weight is 290 g/mol. The van der Waals surface area contributed by atoms with Gasteiger partial charge >= 0.3 is 0 Å². The molecule has 0 aromatic heterocycles. The fourth-order valence-electron chi connectivity index (χ4n) is 6.20. The van der Waals surface area contributed by atoms with Crippen molar-refractivity contribution in [2.45, 2.75) is 70.0 Å². The number of aliphatic hydroxyl groups excluding tert-OH is 1. The first-order chi connectivity index (χ1) is 9.92. The molecule has 0 aromatic rings. The van der Waals surface area contributed by atoms with Crippen LogP contribution in [0.25, 0.3) is 0 Å². The van der Waals surface area contributed by atoms with E-state index >= 15 is 0 Å². The smallest absolute Gasteiger partial charge is 0.155 e. The summed E-state index contributed by atoms with van der Waals surface area (Å²) in [6, 6.07) is 0. The molecule has 0 aliphatic heterocycles. The molecular formula is C18H26O3. The lowest BCUT2D eigenvalue weighted by Crippen LogP contribution is -2.54. The highest BCUT2D eigenvalue weighted by molar-refractivity contribution is 5.92. The van der Waals surface area contributed by atoms with Crippen LogP contribution in [0.5, 0.6) is 0 Å². The van der Waals surface area contributed by atoms with Crippen LogP contribution in [0.15, 0.2) is 11.6 Å².